The maximum atomic E-state index is 13.8. The highest BCUT2D eigenvalue weighted by Crippen LogP contribution is 2.42. The number of carbonyl (C=O) groups excluding carboxylic acids is 2. The zero-order chi connectivity index (χ0) is 21.5. The van der Waals surface area contributed by atoms with Gasteiger partial charge in [0.05, 0.1) is 0 Å². The first-order valence-electron chi connectivity index (χ1n) is 11.1. The number of nitrogens with zero attached hydrogens (tertiary/aromatic N) is 3. The van der Waals surface area contributed by atoms with E-state index in [1.807, 2.05) is 11.0 Å². The number of aromatic nitrogens is 1. The van der Waals surface area contributed by atoms with Gasteiger partial charge < -0.3 is 15.5 Å². The van der Waals surface area contributed by atoms with Gasteiger partial charge in [-0.05, 0) is 67.3 Å². The Morgan fingerprint density at radius 3 is 2.84 bits per heavy atom. The standard InChI is InChI=1S/C24H27FN4O2/c25-18-4-1-3-15(9-18)10-22-17-11-16(21-5-2-6-23(30)29(21)22)13-28(14-17)24(31)20-12-19(26)7-8-27-20/h1,3-4,7-9,12,16-17,21-22H,2,5-6,10-11,13-14H2,(H2,26,27)/t16-,17+,21+,22+/m1/s1. The third-order valence-corrected chi connectivity index (χ3v) is 7.12. The Labute approximate surface area is 181 Å². The van der Waals surface area contributed by atoms with Crippen molar-refractivity contribution in [1.29, 1.82) is 0 Å². The van der Waals surface area contributed by atoms with Crippen LogP contribution < -0.4 is 5.73 Å². The van der Waals surface area contributed by atoms with Crippen LogP contribution in [0.4, 0.5) is 10.1 Å². The Balaban J connectivity index is 1.45. The second-order valence-corrected chi connectivity index (χ2v) is 9.10. The number of hydrogen-bond donors (Lipinski definition) is 1. The molecule has 0 unspecified atom stereocenters. The SMILES string of the molecule is Nc1ccnc(C(=O)N2C[C@H]3C[C@@H](C2)[C@H](Cc2cccc(F)c2)N2C(=O)CCC[C@@H]32)c1. The van der Waals surface area contributed by atoms with Gasteiger partial charge in [0, 0.05) is 43.5 Å². The molecule has 0 saturated carbocycles. The first kappa shape index (κ1) is 20.0. The highest BCUT2D eigenvalue weighted by Gasteiger charge is 2.50. The number of likely N-dealkylation sites (tertiary alicyclic amines) is 1. The van der Waals surface area contributed by atoms with Crippen LogP contribution in [0.25, 0.3) is 0 Å². The number of pyridine rings is 1. The van der Waals surface area contributed by atoms with E-state index in [1.165, 1.54) is 6.07 Å². The number of anilines is 1. The van der Waals surface area contributed by atoms with Crippen LogP contribution in [0.3, 0.4) is 0 Å². The average Bonchev–Trinajstić information content (AvgIpc) is 2.76. The summed E-state index contributed by atoms with van der Waals surface area (Å²) in [5, 5.41) is 0. The van der Waals surface area contributed by atoms with E-state index in [1.54, 1.807) is 30.5 Å². The Kier molecular flexibility index (Phi) is 5.12. The summed E-state index contributed by atoms with van der Waals surface area (Å²) in [4.78, 5) is 34.3. The minimum atomic E-state index is -0.263. The molecule has 3 aliphatic rings. The third-order valence-electron chi connectivity index (χ3n) is 7.12. The molecule has 162 valence electrons. The fourth-order valence-electron chi connectivity index (χ4n) is 5.83. The van der Waals surface area contributed by atoms with Gasteiger partial charge >= 0.3 is 0 Å². The van der Waals surface area contributed by atoms with Crippen molar-refractivity contribution >= 4 is 17.5 Å². The highest BCUT2D eigenvalue weighted by atomic mass is 19.1. The van der Waals surface area contributed by atoms with E-state index in [2.05, 4.69) is 9.88 Å². The number of fused-ring (bicyclic) bond motifs is 4. The van der Waals surface area contributed by atoms with E-state index in [0.717, 1.165) is 24.8 Å². The van der Waals surface area contributed by atoms with E-state index in [-0.39, 0.29) is 41.6 Å². The zero-order valence-corrected chi connectivity index (χ0v) is 17.4. The maximum absolute atomic E-state index is 13.8. The summed E-state index contributed by atoms with van der Waals surface area (Å²) in [6, 6.07) is 10.0. The minimum Gasteiger partial charge on any atom is -0.399 e. The van der Waals surface area contributed by atoms with Crippen molar-refractivity contribution in [1.82, 2.24) is 14.8 Å². The molecule has 0 aliphatic carbocycles. The topological polar surface area (TPSA) is 79.5 Å². The number of amides is 2. The van der Waals surface area contributed by atoms with Crippen LogP contribution >= 0.6 is 0 Å². The number of carbonyl (C=O) groups is 2. The monoisotopic (exact) mass is 422 g/mol. The molecule has 2 amide bonds. The first-order chi connectivity index (χ1) is 15.0. The molecule has 3 saturated heterocycles. The largest absolute Gasteiger partial charge is 0.399 e. The summed E-state index contributed by atoms with van der Waals surface area (Å²) in [5.41, 5.74) is 7.62. The average molecular weight is 423 g/mol. The van der Waals surface area contributed by atoms with Gasteiger partial charge in [-0.3, -0.25) is 14.6 Å². The van der Waals surface area contributed by atoms with Crippen LogP contribution in [-0.2, 0) is 11.2 Å². The Hall–Kier alpha value is -2.96. The summed E-state index contributed by atoms with van der Waals surface area (Å²) in [6.45, 7) is 1.20. The fraction of sp³-hybridized carbons (Fsp3) is 0.458. The van der Waals surface area contributed by atoms with Crippen molar-refractivity contribution in [3.05, 3.63) is 59.7 Å². The summed E-state index contributed by atoms with van der Waals surface area (Å²) in [7, 11) is 0. The van der Waals surface area contributed by atoms with Gasteiger partial charge in [-0.15, -0.1) is 0 Å². The molecule has 3 aliphatic heterocycles. The molecule has 1 aromatic heterocycles. The molecular weight excluding hydrogens is 395 g/mol. The van der Waals surface area contributed by atoms with E-state index in [4.69, 9.17) is 5.73 Å². The van der Waals surface area contributed by atoms with E-state index < -0.39 is 0 Å². The number of hydrogen-bond acceptors (Lipinski definition) is 4. The van der Waals surface area contributed by atoms with Crippen molar-refractivity contribution in [2.75, 3.05) is 18.8 Å². The second kappa shape index (κ2) is 7.94. The molecule has 2 aromatic rings. The van der Waals surface area contributed by atoms with Crippen LogP contribution in [0.5, 0.6) is 0 Å². The van der Waals surface area contributed by atoms with Crippen LogP contribution in [-0.4, -0.2) is 51.8 Å². The molecule has 0 radical (unpaired) electrons. The first-order valence-corrected chi connectivity index (χ1v) is 11.1. The molecule has 5 rings (SSSR count). The van der Waals surface area contributed by atoms with Crippen LogP contribution in [0, 0.1) is 17.7 Å². The summed E-state index contributed by atoms with van der Waals surface area (Å²) < 4.78 is 13.8. The lowest BCUT2D eigenvalue weighted by atomic mass is 9.70. The van der Waals surface area contributed by atoms with E-state index >= 15 is 0 Å². The number of nitrogen functional groups attached to an aromatic ring is 1. The van der Waals surface area contributed by atoms with Gasteiger partial charge in [-0.25, -0.2) is 4.39 Å². The lowest BCUT2D eigenvalue weighted by molar-refractivity contribution is -0.151. The predicted octanol–water partition coefficient (Wildman–Crippen LogP) is 2.89. The minimum absolute atomic E-state index is 0.0275. The maximum Gasteiger partial charge on any atom is 0.272 e. The molecule has 6 nitrogen and oxygen atoms in total. The summed E-state index contributed by atoms with van der Waals surface area (Å²) in [6.07, 6.45) is 5.57. The molecule has 2 bridgehead atoms. The smallest absolute Gasteiger partial charge is 0.272 e. The molecule has 31 heavy (non-hydrogen) atoms. The predicted molar refractivity (Wildman–Crippen MR) is 115 cm³/mol. The van der Waals surface area contributed by atoms with Crippen molar-refractivity contribution in [2.24, 2.45) is 11.8 Å². The number of nitrogens with two attached hydrogens (primary N) is 1. The van der Waals surface area contributed by atoms with Crippen molar-refractivity contribution < 1.29 is 14.0 Å². The highest BCUT2D eigenvalue weighted by molar-refractivity contribution is 5.93. The van der Waals surface area contributed by atoms with Crippen molar-refractivity contribution in [3.8, 4) is 0 Å². The lowest BCUT2D eigenvalue weighted by Crippen LogP contribution is -2.66. The summed E-state index contributed by atoms with van der Waals surface area (Å²) in [5.74, 6) is 0.245. The fourth-order valence-corrected chi connectivity index (χ4v) is 5.83. The van der Waals surface area contributed by atoms with Crippen LogP contribution in [0.2, 0.25) is 0 Å². The van der Waals surface area contributed by atoms with Crippen molar-refractivity contribution in [2.45, 2.75) is 44.2 Å². The molecule has 1 aromatic carbocycles. The Morgan fingerprint density at radius 1 is 1.19 bits per heavy atom. The molecular formula is C24H27FN4O2. The Bertz CT molecular complexity index is 1010. The van der Waals surface area contributed by atoms with Gasteiger partial charge in [0.2, 0.25) is 5.91 Å². The number of piperidine rings is 3. The van der Waals surface area contributed by atoms with Gasteiger partial charge in [0.15, 0.2) is 0 Å². The number of halogens is 1. The molecule has 4 atom stereocenters. The van der Waals surface area contributed by atoms with E-state index in [9.17, 15) is 14.0 Å². The number of rotatable bonds is 3. The van der Waals surface area contributed by atoms with Gasteiger partial charge in [0.25, 0.3) is 5.91 Å². The second-order valence-electron chi connectivity index (χ2n) is 9.10. The quantitative estimate of drug-likeness (QED) is 0.825. The molecule has 4 heterocycles. The van der Waals surface area contributed by atoms with Gasteiger partial charge in [0.1, 0.15) is 11.5 Å². The van der Waals surface area contributed by atoms with Crippen LogP contribution in [0.15, 0.2) is 42.6 Å². The Morgan fingerprint density at radius 2 is 2.03 bits per heavy atom. The normalized spacial score (nSPS) is 27.7. The zero-order valence-electron chi connectivity index (χ0n) is 17.4. The third kappa shape index (κ3) is 3.77. The molecule has 0 spiro atoms. The van der Waals surface area contributed by atoms with Gasteiger partial charge in [-0.2, -0.15) is 0 Å². The van der Waals surface area contributed by atoms with Gasteiger partial charge in [-0.1, -0.05) is 12.1 Å². The lowest BCUT2D eigenvalue weighted by Gasteiger charge is -2.56. The molecule has 7 heteroatoms. The van der Waals surface area contributed by atoms with Crippen LogP contribution in [0.1, 0.15) is 41.7 Å². The van der Waals surface area contributed by atoms with E-state index in [0.29, 0.717) is 37.3 Å². The molecule has 3 fully saturated rings. The summed E-state index contributed by atoms with van der Waals surface area (Å²) >= 11 is 0. The number of benzene rings is 1. The van der Waals surface area contributed by atoms with Crippen molar-refractivity contribution in [3.63, 3.8) is 0 Å². The molecule has 2 N–H and O–H groups in total.